The van der Waals surface area contributed by atoms with Crippen LogP contribution < -0.4 is 0 Å². The predicted octanol–water partition coefficient (Wildman–Crippen LogP) is 2.99. The van der Waals surface area contributed by atoms with Crippen LogP contribution in [0.3, 0.4) is 0 Å². The Kier molecular flexibility index (Phi) is 3.73. The summed E-state index contributed by atoms with van der Waals surface area (Å²) < 4.78 is 5.12. The van der Waals surface area contributed by atoms with Crippen LogP contribution in [0.15, 0.2) is 10.7 Å². The molecule has 0 saturated carbocycles. The molecule has 1 aromatic rings. The van der Waals surface area contributed by atoms with Crippen LogP contribution in [-0.2, 0) is 6.42 Å². The molecule has 0 aliphatic heterocycles. The van der Waals surface area contributed by atoms with Crippen LogP contribution in [0.2, 0.25) is 0 Å². The van der Waals surface area contributed by atoms with Crippen molar-refractivity contribution in [2.75, 3.05) is 0 Å². The summed E-state index contributed by atoms with van der Waals surface area (Å²) >= 11 is 0. The lowest BCUT2D eigenvalue weighted by molar-refractivity contribution is 0.0690. The van der Waals surface area contributed by atoms with Crippen molar-refractivity contribution in [1.29, 1.82) is 0 Å². The maximum absolute atomic E-state index is 10.6. The van der Waals surface area contributed by atoms with Gasteiger partial charge in [-0.25, -0.2) is 9.78 Å². The molecule has 1 heterocycles. The third kappa shape index (κ3) is 4.04. The Morgan fingerprint density at radius 1 is 1.56 bits per heavy atom. The van der Waals surface area contributed by atoms with Crippen LogP contribution in [0.5, 0.6) is 0 Å². The van der Waals surface area contributed by atoms with E-state index in [-0.39, 0.29) is 11.1 Å². The molecule has 0 amide bonds. The van der Waals surface area contributed by atoms with Crippen LogP contribution in [0, 0.1) is 11.3 Å². The molecule has 0 aromatic carbocycles. The molecule has 0 saturated heterocycles. The van der Waals surface area contributed by atoms with Gasteiger partial charge in [0.25, 0.3) is 0 Å². The molecule has 1 rings (SSSR count). The van der Waals surface area contributed by atoms with E-state index in [0.717, 1.165) is 6.42 Å². The molecule has 0 spiro atoms. The highest BCUT2D eigenvalue weighted by Gasteiger charge is 2.18. The average Bonchev–Trinajstić information content (AvgIpc) is 2.48. The highest BCUT2D eigenvalue weighted by Crippen LogP contribution is 2.26. The number of rotatable bonds is 4. The van der Waals surface area contributed by atoms with Gasteiger partial charge in [0, 0.05) is 6.42 Å². The minimum absolute atomic E-state index is 0.0158. The van der Waals surface area contributed by atoms with Crippen molar-refractivity contribution in [3.05, 3.63) is 17.8 Å². The van der Waals surface area contributed by atoms with E-state index >= 15 is 0 Å². The molecule has 1 N–H and O–H groups in total. The van der Waals surface area contributed by atoms with Crippen molar-refractivity contribution >= 4 is 5.97 Å². The number of nitrogens with zero attached hydrogens (tertiary/aromatic N) is 1. The summed E-state index contributed by atoms with van der Waals surface area (Å²) in [7, 11) is 0. The zero-order valence-corrected chi connectivity index (χ0v) is 10.3. The van der Waals surface area contributed by atoms with Gasteiger partial charge >= 0.3 is 5.97 Å². The molecule has 0 aliphatic carbocycles. The van der Waals surface area contributed by atoms with Gasteiger partial charge in [-0.3, -0.25) is 0 Å². The number of hydrogen-bond donors (Lipinski definition) is 1. The van der Waals surface area contributed by atoms with Gasteiger partial charge < -0.3 is 9.52 Å². The van der Waals surface area contributed by atoms with Crippen LogP contribution in [-0.4, -0.2) is 16.1 Å². The summed E-state index contributed by atoms with van der Waals surface area (Å²) in [4.78, 5) is 14.5. The Morgan fingerprint density at radius 2 is 2.19 bits per heavy atom. The maximum atomic E-state index is 10.6. The standard InChI is InChI=1S/C12H19NO3/c1-8(6-12(2,3)4)5-10-13-9(7-16-10)11(14)15/h7-8H,5-6H2,1-4H3,(H,14,15). The van der Waals surface area contributed by atoms with Gasteiger partial charge in [0.05, 0.1) is 0 Å². The number of aromatic carboxylic acids is 1. The molecule has 1 aromatic heterocycles. The highest BCUT2D eigenvalue weighted by molar-refractivity contribution is 5.84. The first-order valence-corrected chi connectivity index (χ1v) is 5.45. The zero-order chi connectivity index (χ0) is 12.3. The lowest BCUT2D eigenvalue weighted by atomic mass is 9.84. The maximum Gasteiger partial charge on any atom is 0.357 e. The van der Waals surface area contributed by atoms with Gasteiger partial charge in [0.1, 0.15) is 6.26 Å². The summed E-state index contributed by atoms with van der Waals surface area (Å²) in [6.07, 6.45) is 2.93. The lowest BCUT2D eigenvalue weighted by Crippen LogP contribution is -2.13. The Balaban J connectivity index is 2.56. The normalized spacial score (nSPS) is 13.8. The number of aromatic nitrogens is 1. The van der Waals surface area contributed by atoms with E-state index in [1.54, 1.807) is 0 Å². The fourth-order valence-electron chi connectivity index (χ4n) is 1.92. The van der Waals surface area contributed by atoms with E-state index in [4.69, 9.17) is 9.52 Å². The Bertz CT molecular complexity index is 363. The van der Waals surface area contributed by atoms with E-state index in [2.05, 4.69) is 32.7 Å². The molecule has 0 fully saturated rings. The first kappa shape index (κ1) is 12.7. The number of carboxylic acids is 1. The Labute approximate surface area is 95.7 Å². The lowest BCUT2D eigenvalue weighted by Gasteiger charge is -2.22. The third-order valence-corrected chi connectivity index (χ3v) is 2.25. The second-order valence-corrected chi connectivity index (χ2v) is 5.51. The van der Waals surface area contributed by atoms with Gasteiger partial charge in [-0.05, 0) is 17.8 Å². The molecular formula is C12H19NO3. The van der Waals surface area contributed by atoms with Gasteiger partial charge in [0.2, 0.25) is 0 Å². The summed E-state index contributed by atoms with van der Waals surface area (Å²) in [5.41, 5.74) is 0.250. The smallest absolute Gasteiger partial charge is 0.357 e. The van der Waals surface area contributed by atoms with Crippen molar-refractivity contribution in [2.45, 2.75) is 40.5 Å². The monoisotopic (exact) mass is 225 g/mol. The minimum atomic E-state index is -1.04. The van der Waals surface area contributed by atoms with E-state index in [1.807, 2.05) is 0 Å². The molecule has 0 radical (unpaired) electrons. The third-order valence-electron chi connectivity index (χ3n) is 2.25. The average molecular weight is 225 g/mol. The molecule has 90 valence electrons. The molecule has 1 unspecified atom stereocenters. The molecule has 4 heteroatoms. The van der Waals surface area contributed by atoms with E-state index in [0.29, 0.717) is 18.2 Å². The predicted molar refractivity (Wildman–Crippen MR) is 60.4 cm³/mol. The van der Waals surface area contributed by atoms with Crippen molar-refractivity contribution in [2.24, 2.45) is 11.3 Å². The topological polar surface area (TPSA) is 63.3 Å². The fraction of sp³-hybridized carbons (Fsp3) is 0.667. The van der Waals surface area contributed by atoms with Gasteiger partial charge in [-0.15, -0.1) is 0 Å². The largest absolute Gasteiger partial charge is 0.476 e. The molecule has 1 atom stereocenters. The van der Waals surface area contributed by atoms with Crippen LogP contribution in [0.1, 0.15) is 50.5 Å². The first-order chi connectivity index (χ1) is 7.28. The number of carboxylic acid groups (broad SMARTS) is 1. The van der Waals surface area contributed by atoms with E-state index in [9.17, 15) is 4.79 Å². The van der Waals surface area contributed by atoms with Crippen molar-refractivity contribution in [3.63, 3.8) is 0 Å². The quantitative estimate of drug-likeness (QED) is 0.855. The van der Waals surface area contributed by atoms with E-state index in [1.165, 1.54) is 6.26 Å². The second-order valence-electron chi connectivity index (χ2n) is 5.51. The molecule has 0 bridgehead atoms. The van der Waals surface area contributed by atoms with E-state index < -0.39 is 5.97 Å². The number of oxazole rings is 1. The second kappa shape index (κ2) is 4.68. The molecule has 16 heavy (non-hydrogen) atoms. The summed E-state index contributed by atoms with van der Waals surface area (Å²) in [5.74, 6) is -0.104. The summed E-state index contributed by atoms with van der Waals surface area (Å²) in [5, 5.41) is 8.70. The van der Waals surface area contributed by atoms with Crippen LogP contribution in [0.4, 0.5) is 0 Å². The molecule has 4 nitrogen and oxygen atoms in total. The Morgan fingerprint density at radius 3 is 2.62 bits per heavy atom. The first-order valence-electron chi connectivity index (χ1n) is 5.45. The van der Waals surface area contributed by atoms with Gasteiger partial charge in [0.15, 0.2) is 11.6 Å². The highest BCUT2D eigenvalue weighted by atomic mass is 16.4. The van der Waals surface area contributed by atoms with Crippen molar-refractivity contribution in [3.8, 4) is 0 Å². The van der Waals surface area contributed by atoms with Crippen molar-refractivity contribution in [1.82, 2.24) is 4.98 Å². The SMILES string of the molecule is CC(Cc1nc(C(=O)O)co1)CC(C)(C)C. The van der Waals surface area contributed by atoms with Gasteiger partial charge in [-0.1, -0.05) is 27.7 Å². The number of carbonyl (C=O) groups is 1. The summed E-state index contributed by atoms with van der Waals surface area (Å²) in [6.45, 7) is 8.67. The summed E-state index contributed by atoms with van der Waals surface area (Å²) in [6, 6.07) is 0. The van der Waals surface area contributed by atoms with Crippen LogP contribution in [0.25, 0.3) is 0 Å². The minimum Gasteiger partial charge on any atom is -0.476 e. The Hall–Kier alpha value is -1.32. The fourth-order valence-corrected chi connectivity index (χ4v) is 1.92. The molecular weight excluding hydrogens is 206 g/mol. The number of hydrogen-bond acceptors (Lipinski definition) is 3. The zero-order valence-electron chi connectivity index (χ0n) is 10.3. The van der Waals surface area contributed by atoms with Crippen molar-refractivity contribution < 1.29 is 14.3 Å². The molecule has 0 aliphatic rings. The van der Waals surface area contributed by atoms with Crippen LogP contribution >= 0.6 is 0 Å². The van der Waals surface area contributed by atoms with Gasteiger partial charge in [-0.2, -0.15) is 0 Å².